The summed E-state index contributed by atoms with van der Waals surface area (Å²) in [5.41, 5.74) is -2.14. The van der Waals surface area contributed by atoms with Gasteiger partial charge in [0.2, 0.25) is 0 Å². The van der Waals surface area contributed by atoms with Gasteiger partial charge in [-0.2, -0.15) is 0 Å². The first-order valence-corrected chi connectivity index (χ1v) is 15.1. The highest BCUT2D eigenvalue weighted by atomic mass is 16.6. The molecule has 2 heterocycles. The summed E-state index contributed by atoms with van der Waals surface area (Å²) in [5.74, 6) is 0.797. The Morgan fingerprint density at radius 1 is 0.868 bits per heavy atom. The molecule has 0 bridgehead atoms. The van der Waals surface area contributed by atoms with Crippen LogP contribution in [0.1, 0.15) is 126 Å². The van der Waals surface area contributed by atoms with Crippen LogP contribution in [0, 0.1) is 28.1 Å². The Labute approximate surface area is 229 Å². The lowest BCUT2D eigenvalue weighted by Gasteiger charge is -2.55. The number of ketones is 2. The van der Waals surface area contributed by atoms with E-state index in [0.717, 1.165) is 57.8 Å². The van der Waals surface area contributed by atoms with Crippen molar-refractivity contribution in [2.75, 3.05) is 0 Å². The molecule has 5 fully saturated rings. The summed E-state index contributed by atoms with van der Waals surface area (Å²) < 4.78 is 19.3. The second kappa shape index (κ2) is 8.86. The lowest BCUT2D eigenvalue weighted by Crippen LogP contribution is -2.57. The van der Waals surface area contributed by atoms with Gasteiger partial charge in [-0.05, 0) is 104 Å². The Hall–Kier alpha value is -1.27. The second-order valence-corrected chi connectivity index (χ2v) is 15.1. The van der Waals surface area contributed by atoms with Crippen LogP contribution in [-0.2, 0) is 28.6 Å². The van der Waals surface area contributed by atoms with Crippen molar-refractivity contribution in [3.63, 3.8) is 0 Å². The van der Waals surface area contributed by atoms with Gasteiger partial charge in [-0.15, -0.1) is 0 Å². The zero-order valence-corrected chi connectivity index (χ0v) is 25.0. The number of ether oxygens (including phenoxy) is 3. The number of esters is 1. The van der Waals surface area contributed by atoms with Gasteiger partial charge in [-0.3, -0.25) is 14.4 Å². The van der Waals surface area contributed by atoms with Crippen LogP contribution >= 0.6 is 0 Å². The molecule has 0 N–H and O–H groups in total. The zero-order valence-electron chi connectivity index (χ0n) is 25.0. The van der Waals surface area contributed by atoms with Gasteiger partial charge in [0.25, 0.3) is 0 Å². The summed E-state index contributed by atoms with van der Waals surface area (Å²) in [6, 6.07) is 0. The maximum Gasteiger partial charge on any atom is 0.303 e. The maximum atomic E-state index is 13.0. The Bertz CT molecular complexity index is 1020. The molecule has 8 atom stereocenters. The highest BCUT2D eigenvalue weighted by molar-refractivity contribution is 5.87. The molecule has 2 saturated heterocycles. The zero-order chi connectivity index (χ0) is 27.9. The predicted octanol–water partition coefficient (Wildman–Crippen LogP) is 6.36. The van der Waals surface area contributed by atoms with Gasteiger partial charge in [0.15, 0.2) is 11.6 Å². The lowest BCUT2D eigenvalue weighted by atomic mass is 9.55. The fourth-order valence-corrected chi connectivity index (χ4v) is 9.85. The highest BCUT2D eigenvalue weighted by Crippen LogP contribution is 2.79. The van der Waals surface area contributed by atoms with Gasteiger partial charge in [0.05, 0.1) is 12.2 Å². The number of hydrogen-bond donors (Lipinski definition) is 0. The van der Waals surface area contributed by atoms with E-state index in [1.165, 1.54) is 6.92 Å². The van der Waals surface area contributed by atoms with Crippen LogP contribution in [0.15, 0.2) is 0 Å². The maximum absolute atomic E-state index is 13.0. The molecule has 3 aliphatic carbocycles. The quantitative estimate of drug-likeness (QED) is 0.393. The molecule has 3 saturated carbocycles. The molecule has 8 unspecified atom stereocenters. The van der Waals surface area contributed by atoms with E-state index in [4.69, 9.17) is 14.2 Å². The Morgan fingerprint density at radius 2 is 1.47 bits per heavy atom. The molecule has 2 aliphatic heterocycles. The molecule has 0 aromatic carbocycles. The fraction of sp³-hybridized carbons (Fsp3) is 0.906. The minimum absolute atomic E-state index is 0.0422. The Morgan fingerprint density at radius 3 is 2.11 bits per heavy atom. The van der Waals surface area contributed by atoms with Crippen LogP contribution in [0.3, 0.4) is 0 Å². The third-order valence-electron chi connectivity index (χ3n) is 12.3. The number of carbonyl (C=O) groups is 3. The van der Waals surface area contributed by atoms with E-state index in [1.54, 1.807) is 0 Å². The van der Waals surface area contributed by atoms with E-state index < -0.39 is 16.8 Å². The number of hydrogen-bond acceptors (Lipinski definition) is 6. The normalized spacial score (nSPS) is 47.6. The van der Waals surface area contributed by atoms with Crippen molar-refractivity contribution in [1.82, 2.24) is 0 Å². The minimum atomic E-state index is -0.788. The molecule has 0 amide bonds. The molecule has 0 aromatic rings. The number of carbonyl (C=O) groups excluding carboxylic acids is 3. The summed E-state index contributed by atoms with van der Waals surface area (Å²) in [6.07, 6.45) is 9.59. The Kier molecular flexibility index (Phi) is 6.59. The van der Waals surface area contributed by atoms with Crippen LogP contribution in [0.2, 0.25) is 0 Å². The van der Waals surface area contributed by atoms with Gasteiger partial charge >= 0.3 is 5.97 Å². The van der Waals surface area contributed by atoms with Crippen molar-refractivity contribution in [1.29, 1.82) is 0 Å². The third-order valence-corrected chi connectivity index (χ3v) is 12.3. The average Bonchev–Trinajstić information content (AvgIpc) is 3.52. The molecule has 214 valence electrons. The number of Topliss-reactive ketones (excluding diaryl/α,β-unsaturated/α-hetero) is 2. The van der Waals surface area contributed by atoms with Crippen molar-refractivity contribution in [3.8, 4) is 0 Å². The summed E-state index contributed by atoms with van der Waals surface area (Å²) in [4.78, 5) is 38.2. The molecule has 0 radical (unpaired) electrons. The van der Waals surface area contributed by atoms with Crippen molar-refractivity contribution < 1.29 is 28.6 Å². The molecular weight excluding hydrogens is 480 g/mol. The predicted molar refractivity (Wildman–Crippen MR) is 145 cm³/mol. The summed E-state index contributed by atoms with van der Waals surface area (Å²) >= 11 is 0. The first-order chi connectivity index (χ1) is 17.5. The molecule has 1 spiro atoms. The smallest absolute Gasteiger partial charge is 0.303 e. The van der Waals surface area contributed by atoms with Crippen molar-refractivity contribution in [3.05, 3.63) is 0 Å². The average molecular weight is 531 g/mol. The first kappa shape index (κ1) is 28.3. The summed E-state index contributed by atoms with van der Waals surface area (Å²) in [7, 11) is 0. The van der Waals surface area contributed by atoms with E-state index in [-0.39, 0.29) is 51.9 Å². The van der Waals surface area contributed by atoms with Gasteiger partial charge in [-0.25, -0.2) is 0 Å². The largest absolute Gasteiger partial charge is 0.459 e. The fourth-order valence-electron chi connectivity index (χ4n) is 9.85. The third kappa shape index (κ3) is 4.14. The van der Waals surface area contributed by atoms with E-state index in [9.17, 15) is 14.4 Å². The van der Waals surface area contributed by atoms with E-state index >= 15 is 0 Å². The standard InChI is InChI=1S/C32H50O6/c1-20-9-10-26-32(18-13-24(35)28(5,6)38-26)19-31(20,32)17-11-22-29(7)15-12-23(34)27(3,4)37-25(29)14-16-30(22,8)36-21(2)33/h20,22,25-26H,9-19H2,1-8H3. The minimum Gasteiger partial charge on any atom is -0.459 e. The molecule has 5 rings (SSSR count). The first-order valence-electron chi connectivity index (χ1n) is 15.1. The molecule has 5 aliphatic rings. The Balaban J connectivity index is 1.46. The lowest BCUT2D eigenvalue weighted by molar-refractivity contribution is -0.212. The van der Waals surface area contributed by atoms with Crippen molar-refractivity contribution in [2.45, 2.75) is 155 Å². The summed E-state index contributed by atoms with van der Waals surface area (Å²) in [6.45, 7) is 16.0. The van der Waals surface area contributed by atoms with Gasteiger partial charge < -0.3 is 14.2 Å². The molecule has 6 heteroatoms. The van der Waals surface area contributed by atoms with E-state index in [1.807, 2.05) is 27.7 Å². The van der Waals surface area contributed by atoms with Gasteiger partial charge in [-0.1, -0.05) is 13.8 Å². The monoisotopic (exact) mass is 530 g/mol. The molecule has 0 aromatic heterocycles. The van der Waals surface area contributed by atoms with Gasteiger partial charge in [0, 0.05) is 36.5 Å². The molecular formula is C32H50O6. The van der Waals surface area contributed by atoms with E-state index in [0.29, 0.717) is 18.8 Å². The van der Waals surface area contributed by atoms with Crippen molar-refractivity contribution in [2.24, 2.45) is 28.1 Å². The number of fused-ring (bicyclic) bond motifs is 1. The van der Waals surface area contributed by atoms with Crippen LogP contribution in [-0.4, -0.2) is 46.5 Å². The topological polar surface area (TPSA) is 78.9 Å². The van der Waals surface area contributed by atoms with Gasteiger partial charge in [0.1, 0.15) is 16.8 Å². The van der Waals surface area contributed by atoms with Crippen LogP contribution in [0.25, 0.3) is 0 Å². The SMILES string of the molecule is CC(=O)OC1(C)CCC2OC(C)(C)C(=O)CCC2(C)C1CCC12CC13CCC(=O)C(C)(C)OC3CCC2C. The highest BCUT2D eigenvalue weighted by Gasteiger charge is 2.75. The van der Waals surface area contributed by atoms with Crippen LogP contribution in [0.4, 0.5) is 0 Å². The second-order valence-electron chi connectivity index (χ2n) is 15.1. The number of rotatable bonds is 4. The van der Waals surface area contributed by atoms with Crippen molar-refractivity contribution >= 4 is 17.5 Å². The van der Waals surface area contributed by atoms with E-state index in [2.05, 4.69) is 20.8 Å². The molecule has 6 nitrogen and oxygen atoms in total. The molecule has 38 heavy (non-hydrogen) atoms. The van der Waals surface area contributed by atoms with Crippen LogP contribution < -0.4 is 0 Å². The summed E-state index contributed by atoms with van der Waals surface area (Å²) in [5, 5.41) is 0. The van der Waals surface area contributed by atoms with Crippen LogP contribution in [0.5, 0.6) is 0 Å².